The van der Waals surface area contributed by atoms with Crippen LogP contribution in [0.2, 0.25) is 0 Å². The van der Waals surface area contributed by atoms with Crippen LogP contribution < -0.4 is 10.2 Å². The Hall–Kier alpha value is -3.40. The summed E-state index contributed by atoms with van der Waals surface area (Å²) in [6, 6.07) is 6.72. The van der Waals surface area contributed by atoms with Crippen LogP contribution >= 0.6 is 0 Å². The van der Waals surface area contributed by atoms with Crippen LogP contribution in [0.3, 0.4) is 0 Å². The van der Waals surface area contributed by atoms with Crippen LogP contribution in [0.1, 0.15) is 29.7 Å². The van der Waals surface area contributed by atoms with Crippen molar-refractivity contribution in [3.63, 3.8) is 0 Å². The molecule has 0 radical (unpaired) electrons. The third-order valence-corrected chi connectivity index (χ3v) is 4.99. The normalized spacial score (nSPS) is 15.1. The van der Waals surface area contributed by atoms with E-state index in [0.29, 0.717) is 44.5 Å². The van der Waals surface area contributed by atoms with Crippen LogP contribution in [0.4, 0.5) is 5.95 Å². The number of ether oxygens (including phenoxy) is 2. The number of H-pyrrole nitrogens is 2. The van der Waals surface area contributed by atoms with E-state index in [9.17, 15) is 9.59 Å². The monoisotopic (exact) mass is 426 g/mol. The number of amides is 1. The van der Waals surface area contributed by atoms with Gasteiger partial charge in [0.1, 0.15) is 17.6 Å². The molecular weight excluding hydrogens is 400 g/mol. The van der Waals surface area contributed by atoms with Gasteiger partial charge in [0, 0.05) is 19.5 Å². The predicted octanol–water partition coefficient (Wildman–Crippen LogP) is 1.42. The summed E-state index contributed by atoms with van der Waals surface area (Å²) in [5.74, 6) is 0.277. The largest absolute Gasteiger partial charge is 0.464 e. The summed E-state index contributed by atoms with van der Waals surface area (Å²) in [5.41, 5.74) is 1.95. The van der Waals surface area contributed by atoms with Crippen molar-refractivity contribution in [2.24, 2.45) is 0 Å². The van der Waals surface area contributed by atoms with E-state index in [-0.39, 0.29) is 18.7 Å². The highest BCUT2D eigenvalue weighted by Crippen LogP contribution is 2.14. The molecule has 0 saturated carbocycles. The number of anilines is 1. The molecule has 10 nitrogen and oxygen atoms in total. The summed E-state index contributed by atoms with van der Waals surface area (Å²) in [5, 5.41) is 2.76. The summed E-state index contributed by atoms with van der Waals surface area (Å²) in [7, 11) is 0. The first-order chi connectivity index (χ1) is 15.1. The topological polar surface area (TPSA) is 125 Å². The van der Waals surface area contributed by atoms with Gasteiger partial charge in [0.25, 0.3) is 5.91 Å². The highest BCUT2D eigenvalue weighted by atomic mass is 16.5. The second-order valence-electron chi connectivity index (χ2n) is 7.32. The molecule has 1 amide bonds. The summed E-state index contributed by atoms with van der Waals surface area (Å²) in [4.78, 5) is 42.5. The second-order valence-corrected chi connectivity index (χ2v) is 7.32. The summed E-state index contributed by atoms with van der Waals surface area (Å²) in [6.45, 7) is 4.84. The van der Waals surface area contributed by atoms with Gasteiger partial charge in [0.15, 0.2) is 0 Å². The van der Waals surface area contributed by atoms with Crippen molar-refractivity contribution < 1.29 is 19.1 Å². The van der Waals surface area contributed by atoms with Crippen molar-refractivity contribution >= 4 is 28.9 Å². The van der Waals surface area contributed by atoms with Crippen molar-refractivity contribution in [3.05, 3.63) is 42.0 Å². The zero-order valence-corrected chi connectivity index (χ0v) is 17.4. The number of carbonyl (C=O) groups is 2. The summed E-state index contributed by atoms with van der Waals surface area (Å²) >= 11 is 0. The Kier molecular flexibility index (Phi) is 6.46. The number of para-hydroxylation sites is 2. The van der Waals surface area contributed by atoms with Gasteiger partial charge in [-0.15, -0.1) is 0 Å². The number of fused-ring (bicyclic) bond motifs is 1. The molecule has 1 atom stereocenters. The Balaban J connectivity index is 1.47. The number of benzene rings is 1. The molecule has 1 fully saturated rings. The third kappa shape index (κ3) is 5.02. The van der Waals surface area contributed by atoms with Gasteiger partial charge in [-0.1, -0.05) is 19.1 Å². The fraction of sp³-hybridized carbons (Fsp3) is 0.429. The van der Waals surface area contributed by atoms with Gasteiger partial charge in [-0.2, -0.15) is 0 Å². The maximum atomic E-state index is 12.8. The van der Waals surface area contributed by atoms with E-state index in [1.807, 2.05) is 36.1 Å². The van der Waals surface area contributed by atoms with E-state index in [4.69, 9.17) is 9.47 Å². The zero-order chi connectivity index (χ0) is 21.6. The quantitative estimate of drug-likeness (QED) is 0.465. The van der Waals surface area contributed by atoms with Crippen molar-refractivity contribution in [3.8, 4) is 0 Å². The van der Waals surface area contributed by atoms with E-state index in [1.54, 1.807) is 0 Å². The molecule has 164 valence electrons. The van der Waals surface area contributed by atoms with Crippen molar-refractivity contribution in [1.29, 1.82) is 0 Å². The molecule has 2 aromatic heterocycles. The standard InChI is InChI=1S/C21H26N6O4/c1-2-9-31-20(29)16(12-18-23-14-5-3-4-6-15(14)24-18)25-19(28)17-13-22-21(26-17)27-7-10-30-11-8-27/h3-6,13,16H,2,7-12H2,1H3,(H,22,26)(H,23,24)(H,25,28). The highest BCUT2D eigenvalue weighted by molar-refractivity contribution is 5.95. The molecule has 3 heterocycles. The van der Waals surface area contributed by atoms with Crippen LogP contribution in [-0.2, 0) is 20.7 Å². The first-order valence-electron chi connectivity index (χ1n) is 10.4. The number of hydrogen-bond donors (Lipinski definition) is 3. The molecule has 0 aliphatic carbocycles. The lowest BCUT2D eigenvalue weighted by molar-refractivity contribution is -0.146. The van der Waals surface area contributed by atoms with E-state index < -0.39 is 17.9 Å². The minimum Gasteiger partial charge on any atom is -0.464 e. The van der Waals surface area contributed by atoms with Gasteiger partial charge in [-0.3, -0.25) is 4.79 Å². The SMILES string of the molecule is CCCOC(=O)C(Cc1nc2ccccc2[nH]1)NC(=O)c1cnc(N2CCOCC2)[nH]1. The molecule has 1 saturated heterocycles. The number of nitrogens with one attached hydrogen (secondary N) is 3. The lowest BCUT2D eigenvalue weighted by Gasteiger charge is -2.26. The van der Waals surface area contributed by atoms with Crippen LogP contribution in [0.15, 0.2) is 30.5 Å². The molecule has 3 aromatic rings. The molecule has 0 bridgehead atoms. The minimum atomic E-state index is -0.880. The van der Waals surface area contributed by atoms with Crippen molar-refractivity contribution in [2.45, 2.75) is 25.8 Å². The number of carbonyl (C=O) groups excluding carboxylic acids is 2. The molecule has 1 aliphatic rings. The Morgan fingerprint density at radius 1 is 1.26 bits per heavy atom. The number of nitrogens with zero attached hydrogens (tertiary/aromatic N) is 3. The van der Waals surface area contributed by atoms with Gasteiger partial charge in [0.2, 0.25) is 5.95 Å². The molecule has 4 rings (SSSR count). The van der Waals surface area contributed by atoms with Gasteiger partial charge >= 0.3 is 5.97 Å². The lowest BCUT2D eigenvalue weighted by Crippen LogP contribution is -2.44. The van der Waals surface area contributed by atoms with Gasteiger partial charge in [0.05, 0.1) is 37.1 Å². The maximum Gasteiger partial charge on any atom is 0.329 e. The minimum absolute atomic E-state index is 0.188. The van der Waals surface area contributed by atoms with Gasteiger partial charge in [-0.05, 0) is 18.6 Å². The molecule has 1 aromatic carbocycles. The smallest absolute Gasteiger partial charge is 0.329 e. The molecular formula is C21H26N6O4. The first-order valence-corrected chi connectivity index (χ1v) is 10.4. The van der Waals surface area contributed by atoms with Crippen molar-refractivity contribution in [1.82, 2.24) is 25.3 Å². The average Bonchev–Trinajstić information content (AvgIpc) is 3.44. The number of morpholine rings is 1. The highest BCUT2D eigenvalue weighted by Gasteiger charge is 2.26. The number of aromatic amines is 2. The van der Waals surface area contributed by atoms with Crippen LogP contribution in [0.25, 0.3) is 11.0 Å². The molecule has 0 spiro atoms. The van der Waals surface area contributed by atoms with E-state index in [0.717, 1.165) is 11.0 Å². The molecule has 1 unspecified atom stereocenters. The second kappa shape index (κ2) is 9.61. The number of aromatic nitrogens is 4. The van der Waals surface area contributed by atoms with Gasteiger partial charge < -0.3 is 29.7 Å². The molecule has 10 heteroatoms. The number of imidazole rings is 2. The fourth-order valence-corrected chi connectivity index (χ4v) is 3.39. The Bertz CT molecular complexity index is 1010. The predicted molar refractivity (Wildman–Crippen MR) is 114 cm³/mol. The summed E-state index contributed by atoms with van der Waals surface area (Å²) < 4.78 is 10.6. The number of rotatable bonds is 8. The van der Waals surface area contributed by atoms with E-state index in [1.165, 1.54) is 6.20 Å². The van der Waals surface area contributed by atoms with Gasteiger partial charge in [-0.25, -0.2) is 14.8 Å². The number of hydrogen-bond acceptors (Lipinski definition) is 7. The van der Waals surface area contributed by atoms with E-state index in [2.05, 4.69) is 25.3 Å². The van der Waals surface area contributed by atoms with Crippen LogP contribution in [0, 0.1) is 0 Å². The maximum absolute atomic E-state index is 12.8. The fourth-order valence-electron chi connectivity index (χ4n) is 3.39. The van der Waals surface area contributed by atoms with E-state index >= 15 is 0 Å². The third-order valence-electron chi connectivity index (χ3n) is 4.99. The first kappa shape index (κ1) is 20.9. The van der Waals surface area contributed by atoms with Crippen molar-refractivity contribution in [2.75, 3.05) is 37.8 Å². The lowest BCUT2D eigenvalue weighted by atomic mass is 10.2. The Morgan fingerprint density at radius 3 is 2.84 bits per heavy atom. The molecule has 1 aliphatic heterocycles. The summed E-state index contributed by atoms with van der Waals surface area (Å²) in [6.07, 6.45) is 2.35. The number of esters is 1. The molecule has 31 heavy (non-hydrogen) atoms. The van der Waals surface area contributed by atoms with Crippen LogP contribution in [-0.4, -0.2) is 70.8 Å². The van der Waals surface area contributed by atoms with Crippen LogP contribution in [0.5, 0.6) is 0 Å². The Morgan fingerprint density at radius 2 is 2.06 bits per heavy atom. The molecule has 3 N–H and O–H groups in total. The Labute approximate surface area is 179 Å². The average molecular weight is 426 g/mol. The zero-order valence-electron chi connectivity index (χ0n) is 17.4.